The van der Waals surface area contributed by atoms with Gasteiger partial charge in [0.15, 0.2) is 0 Å². The second-order valence-corrected chi connectivity index (χ2v) is 6.70. The Morgan fingerprint density at radius 2 is 1.83 bits per heavy atom. The number of rotatable bonds is 6. The van der Waals surface area contributed by atoms with Crippen LogP contribution in [0.3, 0.4) is 0 Å². The zero-order chi connectivity index (χ0) is 16.1. The number of aliphatic hydroxyl groups excluding tert-OH is 1. The lowest BCUT2D eigenvalue weighted by Crippen LogP contribution is -2.23. The van der Waals surface area contributed by atoms with Gasteiger partial charge in [-0.3, -0.25) is 0 Å². The fraction of sp³-hybridized carbons (Fsp3) is 0.167. The Labute approximate surface area is 144 Å². The maximum absolute atomic E-state index is 9.60. The molecule has 0 spiro atoms. The highest BCUT2D eigenvalue weighted by Crippen LogP contribution is 2.26. The molecule has 3 aromatic rings. The van der Waals surface area contributed by atoms with Crippen molar-refractivity contribution in [2.45, 2.75) is 12.6 Å². The number of thiazole rings is 1. The van der Waals surface area contributed by atoms with Gasteiger partial charge in [0.05, 0.1) is 17.5 Å². The van der Waals surface area contributed by atoms with Gasteiger partial charge in [-0.1, -0.05) is 54.1 Å². The Morgan fingerprint density at radius 1 is 1.09 bits per heavy atom. The highest BCUT2D eigenvalue weighted by molar-refractivity contribution is 7.15. The van der Waals surface area contributed by atoms with E-state index >= 15 is 0 Å². The van der Waals surface area contributed by atoms with Crippen molar-refractivity contribution in [1.29, 1.82) is 0 Å². The summed E-state index contributed by atoms with van der Waals surface area (Å²) in [6, 6.07) is 17.6. The van der Waals surface area contributed by atoms with Crippen LogP contribution in [0.5, 0.6) is 0 Å². The van der Waals surface area contributed by atoms with Crippen molar-refractivity contribution in [3.05, 3.63) is 76.4 Å². The smallest absolute Gasteiger partial charge is 0.107 e. The van der Waals surface area contributed by atoms with E-state index in [4.69, 9.17) is 11.6 Å². The summed E-state index contributed by atoms with van der Waals surface area (Å²) in [7, 11) is 0. The molecular formula is C18H17ClN2OS. The molecule has 0 saturated carbocycles. The first-order valence-electron chi connectivity index (χ1n) is 7.36. The molecule has 2 aromatic carbocycles. The number of nitrogens with one attached hydrogen (secondary N) is 1. The van der Waals surface area contributed by atoms with Crippen LogP contribution in [0.1, 0.15) is 16.6 Å². The van der Waals surface area contributed by atoms with Gasteiger partial charge < -0.3 is 10.4 Å². The number of aromatic nitrogens is 1. The molecule has 0 fully saturated rings. The van der Waals surface area contributed by atoms with E-state index in [1.807, 2.05) is 48.7 Å². The van der Waals surface area contributed by atoms with Crippen LogP contribution >= 0.6 is 22.9 Å². The summed E-state index contributed by atoms with van der Waals surface area (Å²) in [6.45, 7) is 0.643. The summed E-state index contributed by atoms with van der Waals surface area (Å²) in [4.78, 5) is 5.61. The summed E-state index contributed by atoms with van der Waals surface area (Å²) in [5, 5.41) is 14.6. The van der Waals surface area contributed by atoms with Gasteiger partial charge in [0.25, 0.3) is 0 Å². The molecule has 0 saturated heterocycles. The Bertz CT molecular complexity index is 743. The van der Waals surface area contributed by atoms with E-state index in [1.165, 1.54) is 5.56 Å². The van der Waals surface area contributed by atoms with Crippen LogP contribution < -0.4 is 5.32 Å². The molecule has 1 atom stereocenters. The molecule has 3 rings (SSSR count). The van der Waals surface area contributed by atoms with E-state index in [0.717, 1.165) is 15.4 Å². The van der Waals surface area contributed by atoms with Crippen molar-refractivity contribution < 1.29 is 5.11 Å². The van der Waals surface area contributed by atoms with Crippen LogP contribution in [0.25, 0.3) is 10.4 Å². The molecule has 1 aromatic heterocycles. The van der Waals surface area contributed by atoms with Crippen LogP contribution in [-0.2, 0) is 6.54 Å². The van der Waals surface area contributed by atoms with Crippen LogP contribution in [-0.4, -0.2) is 16.7 Å². The van der Waals surface area contributed by atoms with Gasteiger partial charge in [-0.05, 0) is 23.3 Å². The molecule has 1 heterocycles. The summed E-state index contributed by atoms with van der Waals surface area (Å²) >= 11 is 7.56. The van der Waals surface area contributed by atoms with Crippen molar-refractivity contribution in [1.82, 2.24) is 10.3 Å². The molecule has 0 aliphatic heterocycles. The van der Waals surface area contributed by atoms with Gasteiger partial charge in [0, 0.05) is 17.8 Å². The minimum atomic E-state index is -0.128. The fourth-order valence-corrected chi connectivity index (χ4v) is 3.32. The molecule has 118 valence electrons. The lowest BCUT2D eigenvalue weighted by Gasteiger charge is -2.15. The van der Waals surface area contributed by atoms with Crippen LogP contribution in [0.2, 0.25) is 5.02 Å². The Hall–Kier alpha value is -1.72. The molecule has 0 bridgehead atoms. The SMILES string of the molecule is OCC(NCc1ncc(-c2ccccc2)s1)c1ccc(Cl)cc1. The lowest BCUT2D eigenvalue weighted by molar-refractivity contribution is 0.243. The van der Waals surface area contributed by atoms with E-state index in [9.17, 15) is 5.11 Å². The van der Waals surface area contributed by atoms with E-state index in [-0.39, 0.29) is 12.6 Å². The largest absolute Gasteiger partial charge is 0.394 e. The number of halogens is 1. The highest BCUT2D eigenvalue weighted by atomic mass is 35.5. The molecule has 2 N–H and O–H groups in total. The van der Waals surface area contributed by atoms with E-state index in [0.29, 0.717) is 11.6 Å². The second-order valence-electron chi connectivity index (χ2n) is 5.15. The van der Waals surface area contributed by atoms with E-state index in [1.54, 1.807) is 11.3 Å². The van der Waals surface area contributed by atoms with Gasteiger partial charge >= 0.3 is 0 Å². The number of nitrogens with zero attached hydrogens (tertiary/aromatic N) is 1. The molecule has 23 heavy (non-hydrogen) atoms. The zero-order valence-electron chi connectivity index (χ0n) is 12.4. The minimum Gasteiger partial charge on any atom is -0.394 e. The molecule has 1 unspecified atom stereocenters. The van der Waals surface area contributed by atoms with Crippen molar-refractivity contribution in [3.63, 3.8) is 0 Å². The minimum absolute atomic E-state index is 0.0263. The lowest BCUT2D eigenvalue weighted by atomic mass is 10.1. The third-order valence-electron chi connectivity index (χ3n) is 3.57. The first kappa shape index (κ1) is 16.1. The molecule has 0 aliphatic rings. The van der Waals surface area contributed by atoms with Crippen LogP contribution in [0.15, 0.2) is 60.8 Å². The van der Waals surface area contributed by atoms with Crippen molar-refractivity contribution in [2.75, 3.05) is 6.61 Å². The predicted octanol–water partition coefficient (Wildman–Crippen LogP) is 4.29. The zero-order valence-corrected chi connectivity index (χ0v) is 14.0. The topological polar surface area (TPSA) is 45.1 Å². The van der Waals surface area contributed by atoms with E-state index < -0.39 is 0 Å². The molecule has 3 nitrogen and oxygen atoms in total. The Morgan fingerprint density at radius 3 is 2.52 bits per heavy atom. The molecular weight excluding hydrogens is 328 g/mol. The number of hydrogen-bond donors (Lipinski definition) is 2. The van der Waals surface area contributed by atoms with Crippen LogP contribution in [0.4, 0.5) is 0 Å². The first-order chi connectivity index (χ1) is 11.3. The summed E-state index contributed by atoms with van der Waals surface area (Å²) in [5.74, 6) is 0. The van der Waals surface area contributed by atoms with Crippen LogP contribution in [0, 0.1) is 0 Å². The highest BCUT2D eigenvalue weighted by Gasteiger charge is 2.11. The van der Waals surface area contributed by atoms with Gasteiger partial charge in [-0.15, -0.1) is 11.3 Å². The Kier molecular flexibility index (Phi) is 5.41. The van der Waals surface area contributed by atoms with Crippen molar-refractivity contribution in [3.8, 4) is 10.4 Å². The van der Waals surface area contributed by atoms with Gasteiger partial charge in [-0.25, -0.2) is 4.98 Å². The Balaban J connectivity index is 1.65. The van der Waals surface area contributed by atoms with Gasteiger partial charge in [0.2, 0.25) is 0 Å². The number of benzene rings is 2. The average Bonchev–Trinajstić information content (AvgIpc) is 3.07. The fourth-order valence-electron chi connectivity index (χ4n) is 2.32. The quantitative estimate of drug-likeness (QED) is 0.701. The maximum Gasteiger partial charge on any atom is 0.107 e. The van der Waals surface area contributed by atoms with Crippen molar-refractivity contribution in [2.24, 2.45) is 0 Å². The van der Waals surface area contributed by atoms with E-state index in [2.05, 4.69) is 22.4 Å². The summed E-state index contributed by atoms with van der Waals surface area (Å²) in [6.07, 6.45) is 1.90. The third kappa shape index (κ3) is 4.18. The average molecular weight is 345 g/mol. The first-order valence-corrected chi connectivity index (χ1v) is 8.55. The molecule has 0 aliphatic carbocycles. The van der Waals surface area contributed by atoms with Crippen molar-refractivity contribution >= 4 is 22.9 Å². The standard InChI is InChI=1S/C18H17ClN2OS/c19-15-8-6-13(7-9-15)16(12-22)20-11-18-21-10-17(23-18)14-4-2-1-3-5-14/h1-10,16,20,22H,11-12H2. The monoisotopic (exact) mass is 344 g/mol. The predicted molar refractivity (Wildman–Crippen MR) is 95.7 cm³/mol. The molecule has 0 amide bonds. The summed E-state index contributed by atoms with van der Waals surface area (Å²) in [5.41, 5.74) is 2.18. The van der Waals surface area contributed by atoms with Gasteiger partial charge in [0.1, 0.15) is 5.01 Å². The number of hydrogen-bond acceptors (Lipinski definition) is 4. The summed E-state index contributed by atoms with van der Waals surface area (Å²) < 4.78 is 0. The maximum atomic E-state index is 9.60. The molecule has 5 heteroatoms. The second kappa shape index (κ2) is 7.70. The number of aliphatic hydroxyl groups is 1. The molecule has 0 radical (unpaired) electrons. The normalized spacial score (nSPS) is 12.3. The van der Waals surface area contributed by atoms with Gasteiger partial charge in [-0.2, -0.15) is 0 Å². The third-order valence-corrected chi connectivity index (χ3v) is 4.86.